The molecule has 0 radical (unpaired) electrons. The molecule has 0 spiro atoms. The molecule has 6 aromatic rings. The smallest absolute Gasteiger partial charge is 0.870 e. The summed E-state index contributed by atoms with van der Waals surface area (Å²) in [6.07, 6.45) is 2.24. The van der Waals surface area contributed by atoms with Crippen LogP contribution in [0.25, 0.3) is 22.3 Å². The molecule has 2 aromatic heterocycles. The average Bonchev–Trinajstić information content (AvgIpc) is 3.10. The van der Waals surface area contributed by atoms with E-state index in [1.54, 1.807) is 6.92 Å². The molecule has 2 heterocycles. The largest absolute Gasteiger partial charge is 1.00 e. The molecule has 4 aromatic carbocycles. The molecule has 13 nitrogen and oxygen atoms in total. The van der Waals surface area contributed by atoms with Gasteiger partial charge < -0.3 is 26.0 Å². The number of carboxylic acids is 1. The van der Waals surface area contributed by atoms with E-state index < -0.39 is 28.6 Å². The van der Waals surface area contributed by atoms with Crippen LogP contribution in [0.4, 0.5) is 23.3 Å². The van der Waals surface area contributed by atoms with Gasteiger partial charge in [0, 0.05) is 11.4 Å². The second kappa shape index (κ2) is 18.6. The number of ether oxygens (including phenoxy) is 1. The van der Waals surface area contributed by atoms with Crippen LogP contribution >= 0.6 is 0 Å². The number of benzene rings is 4. The summed E-state index contributed by atoms with van der Waals surface area (Å²) < 4.78 is 4.80. The predicted octanol–water partition coefficient (Wildman–Crippen LogP) is 3.06. The summed E-state index contributed by atoms with van der Waals surface area (Å²) >= 11 is 0. The number of nitrogens with zero attached hydrogens (tertiary/aromatic N) is 2. The summed E-state index contributed by atoms with van der Waals surface area (Å²) in [5.41, 5.74) is 4.14. The van der Waals surface area contributed by atoms with E-state index in [0.29, 0.717) is 0 Å². The second-order valence-corrected chi connectivity index (χ2v) is 10.1. The molecule has 14 heteroatoms. The molecule has 6 N–H and O–H groups in total. The van der Waals surface area contributed by atoms with Crippen LogP contribution in [0.1, 0.15) is 27.6 Å². The molecule has 0 saturated heterocycles. The minimum absolute atomic E-state index is 0. The van der Waals surface area contributed by atoms with Crippen LogP contribution in [0.15, 0.2) is 131 Å². The molecule has 0 saturated carbocycles. The van der Waals surface area contributed by atoms with Gasteiger partial charge in [0.05, 0.1) is 19.0 Å². The van der Waals surface area contributed by atoms with Crippen molar-refractivity contribution in [2.45, 2.75) is 6.92 Å². The van der Waals surface area contributed by atoms with Crippen LogP contribution < -0.4 is 51.3 Å². The van der Waals surface area contributed by atoms with Crippen molar-refractivity contribution in [1.82, 2.24) is 19.9 Å². The summed E-state index contributed by atoms with van der Waals surface area (Å²) in [6.45, 7) is 1.88. The molecular weight excluding hydrogens is 651 g/mol. The standard InChI is InChI=1S/C19H17N3O3.C17H13N3O3.Na.H2O/c1-2-25-18(24)16-12-20-19(22-17(16)23)21-15-10-8-14(9-11-15)13-6-4-3-5-7-13;21-15-14(16(22)23)10-18-17(20-15)19-13-8-6-12(7-9-13)11-4-2-1-3-5-11;;/h3-12H,2H2,1H3,(H2,20,21,22,23);1-10H,(H,22,23)(H2,18,19,20,21);;1H2/q;;+1;/p-1. The Hall–Kier alpha value is -5.86. The van der Waals surface area contributed by atoms with E-state index in [1.165, 1.54) is 6.20 Å². The van der Waals surface area contributed by atoms with Gasteiger partial charge in [-0.25, -0.2) is 19.6 Å². The van der Waals surface area contributed by atoms with E-state index in [2.05, 4.69) is 30.6 Å². The zero-order valence-corrected chi connectivity index (χ0v) is 29.1. The number of aromatic amines is 2. The molecule has 0 atom stereocenters. The fourth-order valence-electron chi connectivity index (χ4n) is 4.45. The van der Waals surface area contributed by atoms with Gasteiger partial charge in [0.15, 0.2) is 0 Å². The molecule has 0 aliphatic carbocycles. The third-order valence-corrected chi connectivity index (χ3v) is 6.83. The Balaban J connectivity index is 0.000000261. The van der Waals surface area contributed by atoms with E-state index in [0.717, 1.165) is 39.8 Å². The molecule has 0 unspecified atom stereocenters. The van der Waals surface area contributed by atoms with Crippen LogP contribution in [-0.4, -0.2) is 49.1 Å². The number of anilines is 4. The van der Waals surface area contributed by atoms with Crippen molar-refractivity contribution in [2.75, 3.05) is 17.2 Å². The van der Waals surface area contributed by atoms with E-state index >= 15 is 0 Å². The maximum atomic E-state index is 11.9. The normalized spacial score (nSPS) is 9.86. The van der Waals surface area contributed by atoms with E-state index in [9.17, 15) is 19.2 Å². The van der Waals surface area contributed by atoms with Crippen molar-refractivity contribution in [2.24, 2.45) is 0 Å². The van der Waals surface area contributed by atoms with Crippen LogP contribution in [0.3, 0.4) is 0 Å². The topological polar surface area (TPSA) is 209 Å². The van der Waals surface area contributed by atoms with Crippen molar-refractivity contribution < 1.29 is 54.5 Å². The Bertz CT molecular complexity index is 2120. The maximum Gasteiger partial charge on any atom is 1.00 e. The summed E-state index contributed by atoms with van der Waals surface area (Å²) in [6, 6.07) is 35.3. The van der Waals surface area contributed by atoms with Crippen LogP contribution in [-0.2, 0) is 4.74 Å². The van der Waals surface area contributed by atoms with Gasteiger partial charge in [0.1, 0.15) is 11.1 Å². The summed E-state index contributed by atoms with van der Waals surface area (Å²) in [5, 5.41) is 14.7. The van der Waals surface area contributed by atoms with Gasteiger partial charge in [-0.3, -0.25) is 19.6 Å². The van der Waals surface area contributed by atoms with Gasteiger partial charge in [-0.15, -0.1) is 0 Å². The second-order valence-electron chi connectivity index (χ2n) is 10.1. The van der Waals surface area contributed by atoms with Gasteiger partial charge in [-0.05, 0) is 53.4 Å². The summed E-state index contributed by atoms with van der Waals surface area (Å²) in [4.78, 5) is 58.8. The summed E-state index contributed by atoms with van der Waals surface area (Å²) in [7, 11) is 0. The number of H-pyrrole nitrogens is 2. The molecular formula is C36H31N6NaO7. The number of carboxylic acid groups (broad SMARTS) is 1. The number of carbonyl (C=O) groups excluding carboxylic acids is 1. The number of hydrogen-bond donors (Lipinski definition) is 5. The van der Waals surface area contributed by atoms with Gasteiger partial charge in [-0.2, -0.15) is 0 Å². The van der Waals surface area contributed by atoms with E-state index in [1.807, 2.05) is 109 Å². The van der Waals surface area contributed by atoms with Crippen molar-refractivity contribution in [3.8, 4) is 22.3 Å². The number of aromatic carboxylic acids is 1. The number of carbonyl (C=O) groups is 2. The first-order chi connectivity index (χ1) is 23.3. The van der Waals surface area contributed by atoms with Gasteiger partial charge >= 0.3 is 41.5 Å². The third kappa shape index (κ3) is 10.3. The van der Waals surface area contributed by atoms with Crippen molar-refractivity contribution in [1.29, 1.82) is 0 Å². The molecule has 0 bridgehead atoms. The zero-order chi connectivity index (χ0) is 33.9. The Morgan fingerprint density at radius 2 is 1.02 bits per heavy atom. The fourth-order valence-corrected chi connectivity index (χ4v) is 4.45. The van der Waals surface area contributed by atoms with Gasteiger partial charge in [0.2, 0.25) is 11.9 Å². The van der Waals surface area contributed by atoms with E-state index in [-0.39, 0.29) is 59.1 Å². The van der Waals surface area contributed by atoms with E-state index in [4.69, 9.17) is 9.84 Å². The first-order valence-corrected chi connectivity index (χ1v) is 14.7. The molecule has 0 amide bonds. The van der Waals surface area contributed by atoms with Crippen molar-refractivity contribution in [3.63, 3.8) is 0 Å². The first kappa shape index (κ1) is 38.6. The first-order valence-electron chi connectivity index (χ1n) is 14.7. The Morgan fingerprint density at radius 1 is 0.640 bits per heavy atom. The van der Waals surface area contributed by atoms with Gasteiger partial charge in [-0.1, -0.05) is 84.9 Å². The molecule has 0 aliphatic heterocycles. The average molecular weight is 683 g/mol. The Kier molecular flexibility index (Phi) is 14.4. The molecule has 248 valence electrons. The van der Waals surface area contributed by atoms with Crippen LogP contribution in [0.5, 0.6) is 0 Å². The monoisotopic (exact) mass is 682 g/mol. The van der Waals surface area contributed by atoms with Gasteiger partial charge in [0.25, 0.3) is 11.1 Å². The van der Waals surface area contributed by atoms with Crippen molar-refractivity contribution >= 4 is 35.2 Å². The molecule has 0 fully saturated rings. The van der Waals surface area contributed by atoms with Crippen LogP contribution in [0, 0.1) is 0 Å². The predicted molar refractivity (Wildman–Crippen MR) is 185 cm³/mol. The Labute approximate surface area is 308 Å². The number of hydrogen-bond acceptors (Lipinski definition) is 10. The minimum atomic E-state index is -1.31. The maximum absolute atomic E-state index is 11.9. The fraction of sp³-hybridized carbons (Fsp3) is 0.0556. The summed E-state index contributed by atoms with van der Waals surface area (Å²) in [5.74, 6) is -1.55. The SMILES string of the molecule is CCOC(=O)c1cnc(Nc2ccc(-c3ccccc3)cc2)[nH]c1=O.O=C(O)c1cnc(Nc2ccc(-c3ccccc3)cc2)[nH]c1=O.[Na+].[OH-]. The minimum Gasteiger partial charge on any atom is -0.870 e. The number of esters is 1. The zero-order valence-electron chi connectivity index (χ0n) is 27.1. The quantitative estimate of drug-likeness (QED) is 0.111. The number of nitrogens with one attached hydrogen (secondary N) is 4. The number of rotatable bonds is 9. The number of aromatic nitrogens is 4. The molecule has 0 aliphatic rings. The van der Waals surface area contributed by atoms with Crippen molar-refractivity contribution in [3.05, 3.63) is 153 Å². The van der Waals surface area contributed by atoms with Crippen LogP contribution in [0.2, 0.25) is 0 Å². The third-order valence-electron chi connectivity index (χ3n) is 6.83. The molecule has 6 rings (SSSR count). The Morgan fingerprint density at radius 3 is 1.38 bits per heavy atom. The molecule has 50 heavy (non-hydrogen) atoms.